The highest BCUT2D eigenvalue weighted by Crippen LogP contribution is 2.55. The summed E-state index contributed by atoms with van der Waals surface area (Å²) in [6.45, 7) is 15.4. The molecule has 0 saturated carbocycles. The van der Waals surface area contributed by atoms with Gasteiger partial charge in [-0.05, 0) is 221 Å². The fourth-order valence-corrected chi connectivity index (χ4v) is 14.4. The maximum atomic E-state index is 7.17. The summed E-state index contributed by atoms with van der Waals surface area (Å²) in [5, 5.41) is 0.544. The molecule has 0 bridgehead atoms. The Labute approximate surface area is 594 Å². The molecule has 0 amide bonds. The third-order valence-corrected chi connectivity index (χ3v) is 19.4. The van der Waals surface area contributed by atoms with Gasteiger partial charge in [-0.2, -0.15) is 0 Å². The molecule has 0 spiro atoms. The van der Waals surface area contributed by atoms with Crippen LogP contribution in [0.5, 0.6) is 23.0 Å². The summed E-state index contributed by atoms with van der Waals surface area (Å²) < 4.78 is 13.3. The molecule has 490 valence electrons. The van der Waals surface area contributed by atoms with Gasteiger partial charge in [0.1, 0.15) is 28.0 Å². The summed E-state index contributed by atoms with van der Waals surface area (Å²) in [6, 6.07) is 123. The molecule has 0 aromatic heterocycles. The molecule has 2 aliphatic rings. The Balaban J connectivity index is 0.000000166. The van der Waals surface area contributed by atoms with Crippen LogP contribution in [0.4, 0.5) is 68.2 Å². The van der Waals surface area contributed by atoms with Crippen LogP contribution in [0, 0.1) is 6.92 Å². The second kappa shape index (κ2) is 28.7. The van der Waals surface area contributed by atoms with E-state index < -0.39 is 0 Å². The van der Waals surface area contributed by atoms with Crippen LogP contribution >= 0.6 is 11.6 Å². The van der Waals surface area contributed by atoms with Crippen LogP contribution in [0.15, 0.2) is 352 Å². The minimum Gasteiger partial charge on any atom is -0.457 e. The van der Waals surface area contributed by atoms with Crippen molar-refractivity contribution in [2.45, 2.75) is 59.3 Å². The van der Waals surface area contributed by atoms with Crippen LogP contribution in [0.25, 0.3) is 22.3 Å². The predicted molar refractivity (Wildman–Crippen MR) is 421 cm³/mol. The monoisotopic (exact) mass is 1320 g/mol. The molecule has 7 heteroatoms. The van der Waals surface area contributed by atoms with Crippen molar-refractivity contribution in [3.63, 3.8) is 0 Å². The van der Waals surface area contributed by atoms with Crippen LogP contribution < -0.4 is 29.1 Å². The Morgan fingerprint density at radius 3 is 0.880 bits per heavy atom. The van der Waals surface area contributed by atoms with E-state index in [0.717, 1.165) is 91.1 Å². The predicted octanol–water partition coefficient (Wildman–Crippen LogP) is 27.4. The largest absolute Gasteiger partial charge is 0.457 e. The summed E-state index contributed by atoms with van der Waals surface area (Å²) in [7, 11) is 0. The number of hydrogen-bond acceptors (Lipinski definition) is 6. The fourth-order valence-electron chi connectivity index (χ4n) is 14.2. The van der Waals surface area contributed by atoms with E-state index in [1.165, 1.54) is 44.5 Å². The first kappa shape index (κ1) is 65.5. The number of fused-ring (bicyclic) bond motifs is 6. The van der Waals surface area contributed by atoms with Gasteiger partial charge < -0.3 is 29.1 Å². The molecule has 16 rings (SSSR count). The standard InChI is InChI=1S/C46H38N2O.C45H35ClN2O.C2H6/c1-33-44(48(36-21-12-6-13-22-36)37-23-14-7-15-24-37)25-16-26-45(33)49-39-28-30-42-41(32-39)40-29-27-38(31-43(40)46(42,2)3)47(34-17-8-4-9-18-34)35-19-10-5-11-20-35;1-45(2)40-29-27-37(49-43-25-15-24-42(44(43)46)48(34-20-11-5-12-21-34)35-22-13-6-14-23-35)31-39(40)38-28-26-36(30-41(38)45)47(32-16-7-3-8-17-32)33-18-9-4-10-19-33;1-2/h4-32H,1-3H3;3-31H,1-2H3;1-2H3. The van der Waals surface area contributed by atoms with Crippen LogP contribution in [0.2, 0.25) is 5.02 Å². The molecule has 0 fully saturated rings. The summed E-state index contributed by atoms with van der Waals surface area (Å²) in [5.74, 6) is 3.01. The molecule has 0 heterocycles. The van der Waals surface area contributed by atoms with Crippen molar-refractivity contribution >= 4 is 79.8 Å². The Hall–Kier alpha value is -11.8. The van der Waals surface area contributed by atoms with Crippen molar-refractivity contribution in [2.24, 2.45) is 0 Å². The van der Waals surface area contributed by atoms with Crippen molar-refractivity contribution in [3.8, 4) is 45.3 Å². The quantitative estimate of drug-likeness (QED) is 0.0958. The molecule has 0 atom stereocenters. The Kier molecular flexibility index (Phi) is 18.8. The number of anilines is 12. The smallest absolute Gasteiger partial charge is 0.148 e. The first-order valence-electron chi connectivity index (χ1n) is 34.4. The van der Waals surface area contributed by atoms with Gasteiger partial charge in [0, 0.05) is 73.3 Å². The minimum absolute atomic E-state index is 0.167. The van der Waals surface area contributed by atoms with E-state index in [1.807, 2.05) is 68.4 Å². The van der Waals surface area contributed by atoms with E-state index in [0.29, 0.717) is 10.8 Å². The lowest BCUT2D eigenvalue weighted by Crippen LogP contribution is -2.16. The van der Waals surface area contributed by atoms with Gasteiger partial charge in [0.05, 0.1) is 11.4 Å². The number of benzene rings is 14. The van der Waals surface area contributed by atoms with Gasteiger partial charge in [-0.15, -0.1) is 0 Å². The van der Waals surface area contributed by atoms with E-state index in [2.05, 4.69) is 351 Å². The summed E-state index contributed by atoms with van der Waals surface area (Å²) in [4.78, 5) is 9.09. The van der Waals surface area contributed by atoms with Gasteiger partial charge in [0.2, 0.25) is 0 Å². The molecule has 0 radical (unpaired) electrons. The maximum absolute atomic E-state index is 7.17. The number of nitrogens with zero attached hydrogens (tertiary/aromatic N) is 4. The SMILES string of the molecule is CC.CC1(C)c2ccc(Oc3cccc(N(c4ccccc4)c4ccccc4)c3Cl)cc2-c2ccc(N(c3ccccc3)c3ccccc3)cc21.Cc1c(Oc2ccc3c(c2)-c2ccc(N(c4ccccc4)c4ccccc4)cc2C3(C)C)cccc1N(c1ccccc1)c1ccccc1. The summed E-state index contributed by atoms with van der Waals surface area (Å²) in [5.41, 5.74) is 23.7. The van der Waals surface area contributed by atoms with E-state index in [9.17, 15) is 0 Å². The molecular weight excluding hydrogens is 1240 g/mol. The molecule has 14 aromatic rings. The molecule has 14 aromatic carbocycles. The fraction of sp³-hybridized carbons (Fsp3) is 0.0968. The van der Waals surface area contributed by atoms with Crippen LogP contribution in [0.1, 0.15) is 69.4 Å². The zero-order valence-electron chi connectivity index (χ0n) is 57.5. The van der Waals surface area contributed by atoms with E-state index >= 15 is 0 Å². The number of ether oxygens (including phenoxy) is 2. The third kappa shape index (κ3) is 12.9. The summed E-state index contributed by atoms with van der Waals surface area (Å²) >= 11 is 7.17. The number of rotatable bonds is 16. The van der Waals surface area contributed by atoms with Gasteiger partial charge in [0.15, 0.2) is 0 Å². The molecule has 2 aliphatic carbocycles. The topological polar surface area (TPSA) is 31.4 Å². The van der Waals surface area contributed by atoms with Crippen LogP contribution in [-0.4, -0.2) is 0 Å². The average Bonchev–Trinajstić information content (AvgIpc) is 1.58. The van der Waals surface area contributed by atoms with Crippen molar-refractivity contribution in [2.75, 3.05) is 19.6 Å². The molecule has 0 N–H and O–H groups in total. The van der Waals surface area contributed by atoms with Crippen LogP contribution in [-0.2, 0) is 10.8 Å². The highest BCUT2D eigenvalue weighted by Gasteiger charge is 2.38. The molecule has 6 nitrogen and oxygen atoms in total. The van der Waals surface area contributed by atoms with E-state index in [4.69, 9.17) is 21.1 Å². The molecule has 0 unspecified atom stereocenters. The van der Waals surface area contributed by atoms with Crippen molar-refractivity contribution in [3.05, 3.63) is 385 Å². The molecule has 0 saturated heterocycles. The lowest BCUT2D eigenvalue weighted by molar-refractivity contribution is 0.479. The Morgan fingerprint density at radius 2 is 0.540 bits per heavy atom. The Morgan fingerprint density at radius 1 is 0.250 bits per heavy atom. The lowest BCUT2D eigenvalue weighted by Gasteiger charge is -2.28. The summed E-state index contributed by atoms with van der Waals surface area (Å²) in [6.07, 6.45) is 0. The van der Waals surface area contributed by atoms with Gasteiger partial charge in [-0.3, -0.25) is 0 Å². The van der Waals surface area contributed by atoms with Gasteiger partial charge in [-0.25, -0.2) is 0 Å². The van der Waals surface area contributed by atoms with Gasteiger partial charge in [0.25, 0.3) is 0 Å². The third-order valence-electron chi connectivity index (χ3n) is 19.0. The first-order valence-corrected chi connectivity index (χ1v) is 34.8. The van der Waals surface area contributed by atoms with Crippen molar-refractivity contribution < 1.29 is 9.47 Å². The highest BCUT2D eigenvalue weighted by molar-refractivity contribution is 6.35. The zero-order chi connectivity index (χ0) is 68.7. The first-order chi connectivity index (χ1) is 49.0. The zero-order valence-corrected chi connectivity index (χ0v) is 58.2. The van der Waals surface area contributed by atoms with E-state index in [1.54, 1.807) is 0 Å². The number of halogens is 1. The van der Waals surface area contributed by atoms with E-state index in [-0.39, 0.29) is 10.8 Å². The Bertz CT molecular complexity index is 4630. The van der Waals surface area contributed by atoms with Gasteiger partial charge in [-0.1, -0.05) is 235 Å². The maximum Gasteiger partial charge on any atom is 0.148 e. The van der Waals surface area contributed by atoms with Crippen molar-refractivity contribution in [1.29, 1.82) is 0 Å². The second-order valence-electron chi connectivity index (χ2n) is 25.8. The number of para-hydroxylation sites is 8. The normalized spacial score (nSPS) is 12.4. The number of hydrogen-bond donors (Lipinski definition) is 0. The van der Waals surface area contributed by atoms with Crippen LogP contribution in [0.3, 0.4) is 0 Å². The highest BCUT2D eigenvalue weighted by atomic mass is 35.5. The molecular formula is C93H79ClN4O2. The molecule has 100 heavy (non-hydrogen) atoms. The molecule has 0 aliphatic heterocycles. The van der Waals surface area contributed by atoms with Gasteiger partial charge >= 0.3 is 0 Å². The lowest BCUT2D eigenvalue weighted by atomic mass is 9.82. The van der Waals surface area contributed by atoms with Crippen molar-refractivity contribution in [1.82, 2.24) is 0 Å². The average molecular weight is 1320 g/mol. The minimum atomic E-state index is -0.193. The second-order valence-corrected chi connectivity index (χ2v) is 26.2.